The summed E-state index contributed by atoms with van der Waals surface area (Å²) in [6.45, 7) is 0. The van der Waals surface area contributed by atoms with Crippen LogP contribution in [0, 0.1) is 0 Å². The Morgan fingerprint density at radius 3 is 2.43 bits per heavy atom. The van der Waals surface area contributed by atoms with E-state index in [0.29, 0.717) is 0 Å². The molecule has 14 heavy (non-hydrogen) atoms. The van der Waals surface area contributed by atoms with E-state index in [4.69, 9.17) is 0 Å². The van der Waals surface area contributed by atoms with E-state index in [1.54, 1.807) is 0 Å². The van der Waals surface area contributed by atoms with Crippen molar-refractivity contribution in [2.45, 2.75) is 37.7 Å². The van der Waals surface area contributed by atoms with Gasteiger partial charge in [0.15, 0.2) is 0 Å². The Hall–Kier alpha value is -0.340. The van der Waals surface area contributed by atoms with Gasteiger partial charge in [-0.15, -0.1) is 0 Å². The molecule has 0 amide bonds. The predicted molar refractivity (Wildman–Crippen MR) is 61.3 cm³/mol. The van der Waals surface area contributed by atoms with Gasteiger partial charge >= 0.3 is 0 Å². The molecule has 2 rings (SSSR count). The highest BCUT2D eigenvalue weighted by atomic mass is 79.9. The number of halogens is 1. The van der Waals surface area contributed by atoms with E-state index in [0.717, 1.165) is 36.6 Å². The summed E-state index contributed by atoms with van der Waals surface area (Å²) in [7, 11) is 0. The monoisotopic (exact) mass is 254 g/mol. The lowest BCUT2D eigenvalue weighted by Crippen LogP contribution is -2.06. The van der Waals surface area contributed by atoms with E-state index in [1.165, 1.54) is 5.56 Å². The normalized spacial score (nSPS) is 18.1. The number of benzene rings is 1. The lowest BCUT2D eigenvalue weighted by atomic mass is 10.1. The van der Waals surface area contributed by atoms with E-state index in [1.807, 2.05) is 0 Å². The number of rotatable bonds is 4. The second kappa shape index (κ2) is 4.03. The molecule has 1 aliphatic rings. The molecule has 0 saturated heterocycles. The number of aliphatic hydroxyl groups is 1. The number of aryl methyl sites for hydroxylation is 1. The maximum atomic E-state index is 9.64. The van der Waals surface area contributed by atoms with Gasteiger partial charge in [-0.3, -0.25) is 0 Å². The van der Waals surface area contributed by atoms with Crippen molar-refractivity contribution in [1.29, 1.82) is 0 Å². The molecule has 1 aliphatic carbocycles. The summed E-state index contributed by atoms with van der Waals surface area (Å²) in [6, 6.07) is 8.42. The summed E-state index contributed by atoms with van der Waals surface area (Å²) in [6.07, 6.45) is 5.15. The molecule has 1 aromatic carbocycles. The van der Waals surface area contributed by atoms with Gasteiger partial charge in [0.2, 0.25) is 0 Å². The van der Waals surface area contributed by atoms with E-state index >= 15 is 0 Å². The van der Waals surface area contributed by atoms with Gasteiger partial charge in [0.05, 0.1) is 5.60 Å². The Labute approximate surface area is 93.3 Å². The first kappa shape index (κ1) is 10.2. The van der Waals surface area contributed by atoms with Crippen molar-refractivity contribution in [3.8, 4) is 0 Å². The van der Waals surface area contributed by atoms with Crippen LogP contribution in [0.4, 0.5) is 0 Å². The Kier molecular flexibility index (Phi) is 2.93. The molecule has 0 radical (unpaired) electrons. The molecule has 0 bridgehead atoms. The largest absolute Gasteiger partial charge is 0.390 e. The maximum absolute atomic E-state index is 9.64. The molecule has 1 N–H and O–H groups in total. The van der Waals surface area contributed by atoms with Crippen LogP contribution in [0.3, 0.4) is 0 Å². The lowest BCUT2D eigenvalue weighted by molar-refractivity contribution is 0.137. The molecule has 0 atom stereocenters. The summed E-state index contributed by atoms with van der Waals surface area (Å²) >= 11 is 3.42. The van der Waals surface area contributed by atoms with Gasteiger partial charge in [0, 0.05) is 4.47 Å². The highest BCUT2D eigenvalue weighted by Crippen LogP contribution is 2.39. The minimum Gasteiger partial charge on any atom is -0.390 e. The summed E-state index contributed by atoms with van der Waals surface area (Å²) < 4.78 is 1.13. The SMILES string of the molecule is OC1(CCCc2ccc(Br)cc2)CC1. The fourth-order valence-electron chi connectivity index (χ4n) is 1.67. The van der Waals surface area contributed by atoms with Gasteiger partial charge in [-0.2, -0.15) is 0 Å². The standard InChI is InChI=1S/C12H15BrO/c13-11-5-3-10(4-6-11)2-1-7-12(14)8-9-12/h3-6,14H,1-2,7-9H2. The average molecular weight is 255 g/mol. The van der Waals surface area contributed by atoms with Crippen molar-refractivity contribution in [3.05, 3.63) is 34.3 Å². The summed E-state index contributed by atoms with van der Waals surface area (Å²) in [4.78, 5) is 0. The molecule has 0 aromatic heterocycles. The van der Waals surface area contributed by atoms with Crippen LogP contribution in [0.25, 0.3) is 0 Å². The fourth-order valence-corrected chi connectivity index (χ4v) is 1.93. The molecular formula is C12H15BrO. The summed E-state index contributed by atoms with van der Waals surface area (Å²) in [5.74, 6) is 0. The smallest absolute Gasteiger partial charge is 0.0650 e. The first-order valence-corrected chi connectivity index (χ1v) is 5.94. The molecule has 1 nitrogen and oxygen atoms in total. The van der Waals surface area contributed by atoms with Crippen LogP contribution >= 0.6 is 15.9 Å². The van der Waals surface area contributed by atoms with Crippen LogP contribution in [0.5, 0.6) is 0 Å². The van der Waals surface area contributed by atoms with E-state index < -0.39 is 0 Å². The quantitative estimate of drug-likeness (QED) is 0.875. The third kappa shape index (κ3) is 2.82. The van der Waals surface area contributed by atoms with Gasteiger partial charge in [0.1, 0.15) is 0 Å². The van der Waals surface area contributed by atoms with Gasteiger partial charge < -0.3 is 5.11 Å². The Bertz CT molecular complexity index is 301. The van der Waals surface area contributed by atoms with E-state index in [-0.39, 0.29) is 5.60 Å². The second-order valence-corrected chi connectivity index (χ2v) is 5.12. The molecule has 1 fully saturated rings. The fraction of sp³-hybridized carbons (Fsp3) is 0.500. The van der Waals surface area contributed by atoms with E-state index in [9.17, 15) is 5.11 Å². The zero-order valence-corrected chi connectivity index (χ0v) is 9.76. The van der Waals surface area contributed by atoms with Crippen molar-refractivity contribution in [3.63, 3.8) is 0 Å². The topological polar surface area (TPSA) is 20.2 Å². The van der Waals surface area contributed by atoms with Gasteiger partial charge in [-0.25, -0.2) is 0 Å². The highest BCUT2D eigenvalue weighted by Gasteiger charge is 2.39. The van der Waals surface area contributed by atoms with Crippen LogP contribution < -0.4 is 0 Å². The molecule has 0 spiro atoms. The number of hydrogen-bond acceptors (Lipinski definition) is 1. The third-order valence-electron chi connectivity index (χ3n) is 2.85. The van der Waals surface area contributed by atoms with Crippen molar-refractivity contribution >= 4 is 15.9 Å². The Balaban J connectivity index is 1.77. The van der Waals surface area contributed by atoms with Crippen molar-refractivity contribution in [1.82, 2.24) is 0 Å². The molecule has 2 heteroatoms. The number of hydrogen-bond donors (Lipinski definition) is 1. The van der Waals surface area contributed by atoms with Crippen LogP contribution in [0.2, 0.25) is 0 Å². The molecular weight excluding hydrogens is 240 g/mol. The van der Waals surface area contributed by atoms with Crippen LogP contribution in [-0.2, 0) is 6.42 Å². The van der Waals surface area contributed by atoms with E-state index in [2.05, 4.69) is 40.2 Å². The highest BCUT2D eigenvalue weighted by molar-refractivity contribution is 9.10. The minimum atomic E-state index is -0.282. The van der Waals surface area contributed by atoms with Gasteiger partial charge in [-0.05, 0) is 49.8 Å². The molecule has 76 valence electrons. The molecule has 1 aromatic rings. The van der Waals surface area contributed by atoms with Gasteiger partial charge in [-0.1, -0.05) is 28.1 Å². The Morgan fingerprint density at radius 2 is 1.86 bits per heavy atom. The van der Waals surface area contributed by atoms with Gasteiger partial charge in [0.25, 0.3) is 0 Å². The minimum absolute atomic E-state index is 0.282. The zero-order chi connectivity index (χ0) is 10.0. The lowest BCUT2D eigenvalue weighted by Gasteiger charge is -2.06. The summed E-state index contributed by atoms with van der Waals surface area (Å²) in [5.41, 5.74) is 1.08. The van der Waals surface area contributed by atoms with Crippen LogP contribution in [0.1, 0.15) is 31.2 Å². The molecule has 0 heterocycles. The first-order valence-electron chi connectivity index (χ1n) is 5.15. The summed E-state index contributed by atoms with van der Waals surface area (Å²) in [5, 5.41) is 9.64. The predicted octanol–water partition coefficient (Wildman–Crippen LogP) is 3.30. The van der Waals surface area contributed by atoms with Crippen molar-refractivity contribution < 1.29 is 5.11 Å². The zero-order valence-electron chi connectivity index (χ0n) is 8.17. The maximum Gasteiger partial charge on any atom is 0.0650 e. The molecule has 0 unspecified atom stereocenters. The van der Waals surface area contributed by atoms with Crippen LogP contribution in [-0.4, -0.2) is 10.7 Å². The van der Waals surface area contributed by atoms with Crippen LogP contribution in [0.15, 0.2) is 28.7 Å². The molecule has 0 aliphatic heterocycles. The average Bonchev–Trinajstić information content (AvgIpc) is 2.88. The molecule has 1 saturated carbocycles. The first-order chi connectivity index (χ1) is 6.68. The third-order valence-corrected chi connectivity index (χ3v) is 3.38. The van der Waals surface area contributed by atoms with Crippen molar-refractivity contribution in [2.24, 2.45) is 0 Å². The second-order valence-electron chi connectivity index (χ2n) is 4.20. The van der Waals surface area contributed by atoms with Crippen molar-refractivity contribution in [2.75, 3.05) is 0 Å². The Morgan fingerprint density at radius 1 is 1.21 bits per heavy atom.